The van der Waals surface area contributed by atoms with Crippen LogP contribution in [0.15, 0.2) is 4.79 Å². The number of thiophene rings is 1. The summed E-state index contributed by atoms with van der Waals surface area (Å²) in [6.07, 6.45) is 3.61. The first kappa shape index (κ1) is 13.6. The Morgan fingerprint density at radius 2 is 2.40 bits per heavy atom. The molecular weight excluding hydrogens is 292 g/mol. The van der Waals surface area contributed by atoms with Crippen molar-refractivity contribution in [2.75, 3.05) is 0 Å². The zero-order valence-electron chi connectivity index (χ0n) is 11.3. The molecule has 0 saturated carbocycles. The zero-order chi connectivity index (χ0) is 14.3. The maximum absolute atomic E-state index is 12.5. The second-order valence-corrected chi connectivity index (χ2v) is 6.97. The number of nitrogens with zero attached hydrogens (tertiary/aromatic N) is 3. The second-order valence-electron chi connectivity index (χ2n) is 5.37. The molecule has 1 aliphatic rings. The summed E-state index contributed by atoms with van der Waals surface area (Å²) >= 11 is 6.46. The molecule has 106 valence electrons. The summed E-state index contributed by atoms with van der Waals surface area (Å²) in [5.41, 5.74) is 6.61. The minimum Gasteiger partial charge on any atom is -0.393 e. The second kappa shape index (κ2) is 5.21. The summed E-state index contributed by atoms with van der Waals surface area (Å²) in [6.45, 7) is 2.65. The van der Waals surface area contributed by atoms with Crippen LogP contribution in [0.4, 0.5) is 0 Å². The summed E-state index contributed by atoms with van der Waals surface area (Å²) in [4.78, 5) is 15.0. The van der Waals surface area contributed by atoms with Crippen molar-refractivity contribution in [3.8, 4) is 0 Å². The molecule has 5 nitrogen and oxygen atoms in total. The first-order chi connectivity index (χ1) is 9.56. The Hall–Kier alpha value is -1.34. The Morgan fingerprint density at radius 1 is 1.60 bits per heavy atom. The molecule has 2 heterocycles. The number of hydrogen-bond acceptors (Lipinski definition) is 5. The third-order valence-electron chi connectivity index (χ3n) is 3.75. The Kier molecular flexibility index (Phi) is 3.55. The van der Waals surface area contributed by atoms with E-state index >= 15 is 0 Å². The SMILES string of the molecule is CC1CCc2c(sc3nnn(CCC(N)=S)c(=O)c23)C1. The number of hydrogen-bond donors (Lipinski definition) is 1. The van der Waals surface area contributed by atoms with Crippen molar-refractivity contribution in [3.05, 3.63) is 20.8 Å². The van der Waals surface area contributed by atoms with Crippen molar-refractivity contribution in [2.24, 2.45) is 11.7 Å². The van der Waals surface area contributed by atoms with Crippen LogP contribution in [0.25, 0.3) is 10.2 Å². The molecule has 0 radical (unpaired) electrons. The molecule has 0 spiro atoms. The number of aromatic nitrogens is 3. The van der Waals surface area contributed by atoms with Crippen LogP contribution >= 0.6 is 23.6 Å². The van der Waals surface area contributed by atoms with Crippen LogP contribution in [-0.2, 0) is 19.4 Å². The third kappa shape index (κ3) is 2.35. The Balaban J connectivity index is 2.08. The fourth-order valence-electron chi connectivity index (χ4n) is 2.65. The molecule has 20 heavy (non-hydrogen) atoms. The highest BCUT2D eigenvalue weighted by Crippen LogP contribution is 2.35. The summed E-state index contributed by atoms with van der Waals surface area (Å²) in [7, 11) is 0. The van der Waals surface area contributed by atoms with Crippen molar-refractivity contribution in [1.29, 1.82) is 0 Å². The molecule has 0 fully saturated rings. The fraction of sp³-hybridized carbons (Fsp3) is 0.538. The lowest BCUT2D eigenvalue weighted by molar-refractivity contribution is 0.508. The van der Waals surface area contributed by atoms with E-state index in [0.717, 1.165) is 29.5 Å². The summed E-state index contributed by atoms with van der Waals surface area (Å²) < 4.78 is 1.38. The summed E-state index contributed by atoms with van der Waals surface area (Å²) in [5.74, 6) is 0.681. The first-order valence-corrected chi connectivity index (χ1v) is 7.95. The van der Waals surface area contributed by atoms with E-state index in [1.165, 1.54) is 15.1 Å². The van der Waals surface area contributed by atoms with Gasteiger partial charge in [0, 0.05) is 11.3 Å². The molecule has 1 unspecified atom stereocenters. The molecule has 3 rings (SSSR count). The minimum absolute atomic E-state index is 0.0571. The van der Waals surface area contributed by atoms with E-state index < -0.39 is 0 Å². The van der Waals surface area contributed by atoms with Gasteiger partial charge in [-0.25, -0.2) is 4.68 Å². The Bertz CT molecular complexity index is 734. The van der Waals surface area contributed by atoms with Crippen molar-refractivity contribution < 1.29 is 0 Å². The number of nitrogens with two attached hydrogens (primary N) is 1. The summed E-state index contributed by atoms with van der Waals surface area (Å²) in [6, 6.07) is 0. The lowest BCUT2D eigenvalue weighted by atomic mass is 9.89. The third-order valence-corrected chi connectivity index (χ3v) is 5.10. The Labute approximate surface area is 125 Å². The van der Waals surface area contributed by atoms with Crippen LogP contribution in [0, 0.1) is 5.92 Å². The van der Waals surface area contributed by atoms with Crippen molar-refractivity contribution in [1.82, 2.24) is 15.0 Å². The van der Waals surface area contributed by atoms with Gasteiger partial charge in [0.15, 0.2) is 4.83 Å². The zero-order valence-corrected chi connectivity index (χ0v) is 12.9. The maximum atomic E-state index is 12.5. The molecule has 2 aromatic heterocycles. The van der Waals surface area contributed by atoms with E-state index in [4.69, 9.17) is 18.0 Å². The molecule has 2 aromatic rings. The lowest BCUT2D eigenvalue weighted by Gasteiger charge is -2.17. The Morgan fingerprint density at radius 3 is 3.15 bits per heavy atom. The lowest BCUT2D eigenvalue weighted by Crippen LogP contribution is -2.26. The maximum Gasteiger partial charge on any atom is 0.278 e. The van der Waals surface area contributed by atoms with E-state index in [-0.39, 0.29) is 5.56 Å². The molecular formula is C13H16N4OS2. The highest BCUT2D eigenvalue weighted by molar-refractivity contribution is 7.80. The largest absolute Gasteiger partial charge is 0.393 e. The van der Waals surface area contributed by atoms with Crippen LogP contribution in [0.5, 0.6) is 0 Å². The van der Waals surface area contributed by atoms with E-state index in [1.807, 2.05) is 0 Å². The quantitative estimate of drug-likeness (QED) is 0.873. The molecule has 1 aliphatic carbocycles. The predicted molar refractivity (Wildman–Crippen MR) is 84.3 cm³/mol. The van der Waals surface area contributed by atoms with Gasteiger partial charge in [0.05, 0.1) is 16.9 Å². The van der Waals surface area contributed by atoms with E-state index in [2.05, 4.69) is 17.2 Å². The normalized spacial score (nSPS) is 18.1. The molecule has 1 atom stereocenters. The number of thiocarbonyl (C=S) groups is 1. The average Bonchev–Trinajstić information content (AvgIpc) is 2.75. The van der Waals surface area contributed by atoms with Crippen molar-refractivity contribution in [3.63, 3.8) is 0 Å². The highest BCUT2D eigenvalue weighted by atomic mass is 32.1. The van der Waals surface area contributed by atoms with Crippen LogP contribution in [0.2, 0.25) is 0 Å². The van der Waals surface area contributed by atoms with Crippen LogP contribution in [0.3, 0.4) is 0 Å². The summed E-state index contributed by atoms with van der Waals surface area (Å²) in [5, 5.41) is 8.95. The topological polar surface area (TPSA) is 73.8 Å². The molecule has 7 heteroatoms. The van der Waals surface area contributed by atoms with E-state index in [9.17, 15) is 4.79 Å². The number of fused-ring (bicyclic) bond motifs is 3. The van der Waals surface area contributed by atoms with E-state index in [0.29, 0.717) is 23.9 Å². The molecule has 0 bridgehead atoms. The van der Waals surface area contributed by atoms with Gasteiger partial charge >= 0.3 is 0 Å². The van der Waals surface area contributed by atoms with Gasteiger partial charge in [-0.3, -0.25) is 4.79 Å². The van der Waals surface area contributed by atoms with Crippen molar-refractivity contribution in [2.45, 2.75) is 39.2 Å². The standard InChI is InChI=1S/C13H16N4OS2/c1-7-2-3-8-9(6-7)20-12-11(8)13(18)17(16-15-12)5-4-10(14)19/h7H,2-6H2,1H3,(H2,14,19). The molecule has 0 amide bonds. The van der Waals surface area contributed by atoms with Crippen LogP contribution in [0.1, 0.15) is 30.2 Å². The van der Waals surface area contributed by atoms with Gasteiger partial charge in [0.2, 0.25) is 0 Å². The highest BCUT2D eigenvalue weighted by Gasteiger charge is 2.23. The predicted octanol–water partition coefficient (Wildman–Crippen LogP) is 1.65. The van der Waals surface area contributed by atoms with Gasteiger partial charge in [-0.15, -0.1) is 16.4 Å². The van der Waals surface area contributed by atoms with Gasteiger partial charge in [0.25, 0.3) is 5.56 Å². The van der Waals surface area contributed by atoms with Gasteiger partial charge in [-0.2, -0.15) is 0 Å². The molecule has 0 aliphatic heterocycles. The monoisotopic (exact) mass is 308 g/mol. The fourth-order valence-corrected chi connectivity index (χ4v) is 4.06. The van der Waals surface area contributed by atoms with Gasteiger partial charge in [-0.1, -0.05) is 24.4 Å². The number of aryl methyl sites for hydroxylation is 2. The smallest absolute Gasteiger partial charge is 0.278 e. The van der Waals surface area contributed by atoms with E-state index in [1.54, 1.807) is 11.3 Å². The average molecular weight is 308 g/mol. The number of rotatable bonds is 3. The molecule has 0 saturated heterocycles. The van der Waals surface area contributed by atoms with Crippen LogP contribution in [-0.4, -0.2) is 20.0 Å². The molecule has 2 N–H and O–H groups in total. The van der Waals surface area contributed by atoms with Gasteiger partial charge in [-0.05, 0) is 30.7 Å². The van der Waals surface area contributed by atoms with Crippen molar-refractivity contribution >= 4 is 38.8 Å². The first-order valence-electron chi connectivity index (χ1n) is 6.72. The van der Waals surface area contributed by atoms with Gasteiger partial charge < -0.3 is 5.73 Å². The minimum atomic E-state index is -0.0571. The molecule has 0 aromatic carbocycles. The van der Waals surface area contributed by atoms with Crippen LogP contribution < -0.4 is 11.3 Å². The van der Waals surface area contributed by atoms with Gasteiger partial charge in [0.1, 0.15) is 0 Å².